The van der Waals surface area contributed by atoms with Crippen LogP contribution in [0.5, 0.6) is 5.75 Å². The molecule has 2 aromatic rings. The van der Waals surface area contributed by atoms with Crippen molar-refractivity contribution in [2.45, 2.75) is 0 Å². The lowest BCUT2D eigenvalue weighted by Crippen LogP contribution is -2.10. The van der Waals surface area contributed by atoms with Gasteiger partial charge >= 0.3 is 0 Å². The third kappa shape index (κ3) is 2.55. The summed E-state index contributed by atoms with van der Waals surface area (Å²) in [5.74, 6) is 0.853. The molecule has 3 nitrogen and oxygen atoms in total. The monoisotopic (exact) mass is 220 g/mol. The normalized spacial score (nSPS) is 10.2. The average molecular weight is 220 g/mol. The molecule has 0 aliphatic heterocycles. The highest BCUT2D eigenvalue weighted by Gasteiger charge is 2.00. The van der Waals surface area contributed by atoms with E-state index in [1.54, 1.807) is 11.3 Å². The molecule has 2 N–H and O–H groups in total. The van der Waals surface area contributed by atoms with E-state index in [4.69, 9.17) is 10.5 Å². The molecule has 0 saturated heterocycles. The Labute approximate surface area is 92.5 Å². The summed E-state index contributed by atoms with van der Waals surface area (Å²) >= 11 is 1.62. The van der Waals surface area contributed by atoms with E-state index in [0.29, 0.717) is 13.2 Å². The quantitative estimate of drug-likeness (QED) is 0.858. The van der Waals surface area contributed by atoms with Gasteiger partial charge in [0.2, 0.25) is 0 Å². The molecule has 4 heteroatoms. The van der Waals surface area contributed by atoms with Crippen molar-refractivity contribution >= 4 is 11.3 Å². The average Bonchev–Trinajstić information content (AvgIpc) is 2.80. The first-order valence-corrected chi connectivity index (χ1v) is 5.60. The molecule has 0 saturated carbocycles. The molecule has 0 fully saturated rings. The Kier molecular flexibility index (Phi) is 3.32. The van der Waals surface area contributed by atoms with Crippen LogP contribution in [0.4, 0.5) is 0 Å². The van der Waals surface area contributed by atoms with Gasteiger partial charge in [0.15, 0.2) is 0 Å². The first-order chi connectivity index (χ1) is 7.40. The smallest absolute Gasteiger partial charge is 0.120 e. The maximum atomic E-state index is 5.45. The van der Waals surface area contributed by atoms with E-state index in [9.17, 15) is 0 Å². The zero-order valence-corrected chi connectivity index (χ0v) is 9.04. The number of nitrogens with two attached hydrogens (primary N) is 1. The van der Waals surface area contributed by atoms with Gasteiger partial charge in [-0.3, -0.25) is 4.98 Å². The molecule has 1 heterocycles. The summed E-state index contributed by atoms with van der Waals surface area (Å²) in [4.78, 5) is 5.19. The minimum Gasteiger partial charge on any atom is -0.492 e. The third-order valence-electron chi connectivity index (χ3n) is 1.94. The van der Waals surface area contributed by atoms with Crippen LogP contribution >= 0.6 is 11.3 Å². The standard InChI is InChI=1S/C11H12N2OS/c12-4-5-14-10-3-1-2-9(6-10)11-7-13-8-15-11/h1-3,6-8H,4-5,12H2. The minimum atomic E-state index is 0.533. The molecule has 0 atom stereocenters. The van der Waals surface area contributed by atoms with Gasteiger partial charge in [-0.1, -0.05) is 12.1 Å². The molecular formula is C11H12N2OS. The van der Waals surface area contributed by atoms with Crippen molar-refractivity contribution in [1.82, 2.24) is 4.98 Å². The molecule has 2 rings (SSSR count). The molecule has 1 aromatic carbocycles. The van der Waals surface area contributed by atoms with Gasteiger partial charge in [-0.2, -0.15) is 0 Å². The van der Waals surface area contributed by atoms with Crippen LogP contribution in [0.3, 0.4) is 0 Å². The topological polar surface area (TPSA) is 48.1 Å². The van der Waals surface area contributed by atoms with Crippen LogP contribution in [-0.2, 0) is 0 Å². The molecule has 0 radical (unpaired) electrons. The molecule has 0 aliphatic carbocycles. The molecule has 0 bridgehead atoms. The van der Waals surface area contributed by atoms with Gasteiger partial charge in [0.1, 0.15) is 12.4 Å². The first-order valence-electron chi connectivity index (χ1n) is 4.72. The highest BCUT2D eigenvalue weighted by molar-refractivity contribution is 7.13. The van der Waals surface area contributed by atoms with E-state index >= 15 is 0 Å². The molecule has 0 spiro atoms. The van der Waals surface area contributed by atoms with Gasteiger partial charge in [-0.15, -0.1) is 11.3 Å². The number of ether oxygens (including phenoxy) is 1. The number of aromatic nitrogens is 1. The molecule has 15 heavy (non-hydrogen) atoms. The van der Waals surface area contributed by atoms with Crippen LogP contribution in [0.1, 0.15) is 0 Å². The lowest BCUT2D eigenvalue weighted by Gasteiger charge is -2.05. The SMILES string of the molecule is NCCOc1cccc(-c2cncs2)c1. The summed E-state index contributed by atoms with van der Waals surface area (Å²) in [5, 5.41) is 0. The van der Waals surface area contributed by atoms with Crippen molar-refractivity contribution < 1.29 is 4.74 Å². The summed E-state index contributed by atoms with van der Waals surface area (Å²) < 4.78 is 5.45. The van der Waals surface area contributed by atoms with Crippen LogP contribution < -0.4 is 10.5 Å². The molecule has 0 unspecified atom stereocenters. The molecule has 0 aliphatic rings. The summed E-state index contributed by atoms with van der Waals surface area (Å²) in [7, 11) is 0. The number of thiazole rings is 1. The van der Waals surface area contributed by atoms with Crippen molar-refractivity contribution in [3.05, 3.63) is 36.0 Å². The number of hydrogen-bond donors (Lipinski definition) is 1. The van der Waals surface area contributed by atoms with E-state index < -0.39 is 0 Å². The molecule has 1 aromatic heterocycles. The predicted octanol–water partition coefficient (Wildman–Crippen LogP) is 2.15. The zero-order valence-electron chi connectivity index (χ0n) is 8.22. The second-order valence-corrected chi connectivity index (χ2v) is 3.92. The zero-order chi connectivity index (χ0) is 10.5. The van der Waals surface area contributed by atoms with E-state index in [1.165, 1.54) is 0 Å². The summed E-state index contributed by atoms with van der Waals surface area (Å²) in [6, 6.07) is 7.95. The third-order valence-corrected chi connectivity index (χ3v) is 2.76. The lowest BCUT2D eigenvalue weighted by molar-refractivity contribution is 0.328. The number of rotatable bonds is 4. The summed E-state index contributed by atoms with van der Waals surface area (Å²) in [6.45, 7) is 1.08. The Balaban J connectivity index is 2.19. The van der Waals surface area contributed by atoms with Crippen LogP contribution in [0.15, 0.2) is 36.0 Å². The van der Waals surface area contributed by atoms with Crippen molar-refractivity contribution in [2.24, 2.45) is 5.73 Å². The van der Waals surface area contributed by atoms with Crippen molar-refractivity contribution in [3.63, 3.8) is 0 Å². The fourth-order valence-electron chi connectivity index (χ4n) is 1.27. The highest BCUT2D eigenvalue weighted by Crippen LogP contribution is 2.26. The van der Waals surface area contributed by atoms with E-state index in [-0.39, 0.29) is 0 Å². The molecule has 0 amide bonds. The largest absolute Gasteiger partial charge is 0.492 e. The van der Waals surface area contributed by atoms with Crippen molar-refractivity contribution in [2.75, 3.05) is 13.2 Å². The van der Waals surface area contributed by atoms with Gasteiger partial charge in [-0.25, -0.2) is 0 Å². The predicted molar refractivity (Wildman–Crippen MR) is 62.1 cm³/mol. The van der Waals surface area contributed by atoms with Crippen molar-refractivity contribution in [1.29, 1.82) is 0 Å². The van der Waals surface area contributed by atoms with Gasteiger partial charge in [0.25, 0.3) is 0 Å². The Hall–Kier alpha value is -1.39. The van der Waals surface area contributed by atoms with Crippen LogP contribution in [-0.4, -0.2) is 18.1 Å². The highest BCUT2D eigenvalue weighted by atomic mass is 32.1. The summed E-state index contributed by atoms with van der Waals surface area (Å²) in [6.07, 6.45) is 1.85. The molecule has 78 valence electrons. The fourth-order valence-corrected chi connectivity index (χ4v) is 1.89. The Morgan fingerprint density at radius 1 is 1.40 bits per heavy atom. The van der Waals surface area contributed by atoms with Crippen LogP contribution in [0.25, 0.3) is 10.4 Å². The summed E-state index contributed by atoms with van der Waals surface area (Å²) in [5.41, 5.74) is 8.33. The van der Waals surface area contributed by atoms with Gasteiger partial charge in [0, 0.05) is 12.7 Å². The van der Waals surface area contributed by atoms with Gasteiger partial charge in [-0.05, 0) is 17.7 Å². The maximum Gasteiger partial charge on any atom is 0.120 e. The fraction of sp³-hybridized carbons (Fsp3) is 0.182. The number of benzene rings is 1. The minimum absolute atomic E-state index is 0.533. The van der Waals surface area contributed by atoms with E-state index in [0.717, 1.165) is 16.2 Å². The van der Waals surface area contributed by atoms with Crippen LogP contribution in [0.2, 0.25) is 0 Å². The van der Waals surface area contributed by atoms with E-state index in [2.05, 4.69) is 4.98 Å². The second kappa shape index (κ2) is 4.91. The van der Waals surface area contributed by atoms with Gasteiger partial charge < -0.3 is 10.5 Å². The Bertz CT molecular complexity index is 414. The maximum absolute atomic E-state index is 5.45. The second-order valence-electron chi connectivity index (χ2n) is 3.03. The van der Waals surface area contributed by atoms with Crippen LogP contribution in [0, 0.1) is 0 Å². The Morgan fingerprint density at radius 3 is 3.07 bits per heavy atom. The number of hydrogen-bond acceptors (Lipinski definition) is 4. The van der Waals surface area contributed by atoms with E-state index in [1.807, 2.05) is 36.0 Å². The number of nitrogens with zero attached hydrogens (tertiary/aromatic N) is 1. The Morgan fingerprint density at radius 2 is 2.33 bits per heavy atom. The van der Waals surface area contributed by atoms with Crippen molar-refractivity contribution in [3.8, 4) is 16.2 Å². The lowest BCUT2D eigenvalue weighted by atomic mass is 10.2. The first kappa shape index (κ1) is 10.1. The molecular weight excluding hydrogens is 208 g/mol. The van der Waals surface area contributed by atoms with Gasteiger partial charge in [0.05, 0.1) is 10.4 Å².